The predicted molar refractivity (Wildman–Crippen MR) is 80.4 cm³/mol. The molecular formula is C14H30N2O2S. The molecule has 0 aliphatic carbocycles. The van der Waals surface area contributed by atoms with Crippen molar-refractivity contribution in [1.29, 1.82) is 0 Å². The van der Waals surface area contributed by atoms with E-state index in [0.717, 1.165) is 19.3 Å². The third kappa shape index (κ3) is 4.43. The Morgan fingerprint density at radius 2 is 1.74 bits per heavy atom. The number of hydrogen-bond donors (Lipinski definition) is 1. The average Bonchev–Trinajstić information content (AvgIpc) is 2.28. The van der Waals surface area contributed by atoms with E-state index in [1.165, 1.54) is 0 Å². The largest absolute Gasteiger partial charge is 0.326 e. The van der Waals surface area contributed by atoms with Crippen molar-refractivity contribution < 1.29 is 8.42 Å². The molecule has 0 amide bonds. The summed E-state index contributed by atoms with van der Waals surface area (Å²) in [6.45, 7) is 11.7. The van der Waals surface area contributed by atoms with Crippen LogP contribution in [-0.2, 0) is 10.0 Å². The van der Waals surface area contributed by atoms with Crippen molar-refractivity contribution in [2.45, 2.75) is 59.9 Å². The highest BCUT2D eigenvalue weighted by Crippen LogP contribution is 2.35. The smallest absolute Gasteiger partial charge is 0.215 e. The number of rotatable bonds is 4. The van der Waals surface area contributed by atoms with Crippen LogP contribution >= 0.6 is 0 Å². The van der Waals surface area contributed by atoms with Gasteiger partial charge in [-0.05, 0) is 23.7 Å². The van der Waals surface area contributed by atoms with Gasteiger partial charge in [-0.3, -0.25) is 0 Å². The van der Waals surface area contributed by atoms with E-state index < -0.39 is 10.0 Å². The fraction of sp³-hybridized carbons (Fsp3) is 1.00. The van der Waals surface area contributed by atoms with Gasteiger partial charge in [-0.25, -0.2) is 12.7 Å². The van der Waals surface area contributed by atoms with Gasteiger partial charge in [0, 0.05) is 19.1 Å². The number of hydrogen-bond acceptors (Lipinski definition) is 3. The molecule has 1 atom stereocenters. The summed E-state index contributed by atoms with van der Waals surface area (Å²) in [4.78, 5) is 0. The molecule has 0 aromatic rings. The van der Waals surface area contributed by atoms with Gasteiger partial charge < -0.3 is 5.73 Å². The summed E-state index contributed by atoms with van der Waals surface area (Å²) >= 11 is 0. The Bertz CT molecular complexity index is 390. The lowest BCUT2D eigenvalue weighted by molar-refractivity contribution is 0.168. The Balaban J connectivity index is 2.66. The monoisotopic (exact) mass is 290 g/mol. The predicted octanol–water partition coefficient (Wildman–Crippen LogP) is 2.20. The molecule has 1 unspecified atom stereocenters. The van der Waals surface area contributed by atoms with Crippen LogP contribution in [0.5, 0.6) is 0 Å². The van der Waals surface area contributed by atoms with E-state index in [1.807, 2.05) is 20.8 Å². The minimum absolute atomic E-state index is 0.0549. The van der Waals surface area contributed by atoms with Gasteiger partial charge in [0.1, 0.15) is 0 Å². The van der Waals surface area contributed by atoms with E-state index >= 15 is 0 Å². The van der Waals surface area contributed by atoms with Crippen molar-refractivity contribution in [2.24, 2.45) is 16.6 Å². The summed E-state index contributed by atoms with van der Waals surface area (Å²) in [7, 11) is -3.22. The SMILES string of the molecule is CCC1(C)CCN(S(=O)(=O)CC(N)C(C)(C)C)CC1. The van der Waals surface area contributed by atoms with Crippen LogP contribution in [0.3, 0.4) is 0 Å². The molecule has 1 saturated heterocycles. The van der Waals surface area contributed by atoms with E-state index in [0.29, 0.717) is 18.5 Å². The summed E-state index contributed by atoms with van der Waals surface area (Å²) in [5.41, 5.74) is 6.14. The third-order valence-electron chi connectivity index (χ3n) is 4.68. The molecule has 19 heavy (non-hydrogen) atoms. The summed E-state index contributed by atoms with van der Waals surface area (Å²) in [6.07, 6.45) is 3.02. The Hall–Kier alpha value is -0.130. The summed E-state index contributed by atoms with van der Waals surface area (Å²) in [5.74, 6) is 0.0549. The number of nitrogens with zero attached hydrogens (tertiary/aromatic N) is 1. The van der Waals surface area contributed by atoms with Crippen LogP contribution in [0.25, 0.3) is 0 Å². The van der Waals surface area contributed by atoms with Crippen LogP contribution in [0.2, 0.25) is 0 Å². The second kappa shape index (κ2) is 5.70. The minimum Gasteiger partial charge on any atom is -0.326 e. The van der Waals surface area contributed by atoms with Gasteiger partial charge in [-0.1, -0.05) is 41.0 Å². The van der Waals surface area contributed by atoms with Crippen molar-refractivity contribution in [3.8, 4) is 0 Å². The second-order valence-electron chi connectivity index (χ2n) is 7.31. The van der Waals surface area contributed by atoms with E-state index in [9.17, 15) is 8.42 Å². The molecule has 1 aliphatic heterocycles. The fourth-order valence-corrected chi connectivity index (χ4v) is 4.14. The van der Waals surface area contributed by atoms with E-state index in [4.69, 9.17) is 5.73 Å². The van der Waals surface area contributed by atoms with Crippen LogP contribution < -0.4 is 5.73 Å². The first-order valence-corrected chi connectivity index (χ1v) is 8.84. The summed E-state index contributed by atoms with van der Waals surface area (Å²) < 4.78 is 26.4. The van der Waals surface area contributed by atoms with Crippen molar-refractivity contribution in [2.75, 3.05) is 18.8 Å². The van der Waals surface area contributed by atoms with Crippen molar-refractivity contribution in [3.05, 3.63) is 0 Å². The number of sulfonamides is 1. The Morgan fingerprint density at radius 3 is 2.11 bits per heavy atom. The van der Waals surface area contributed by atoms with Crippen LogP contribution in [0, 0.1) is 10.8 Å². The lowest BCUT2D eigenvalue weighted by atomic mass is 9.79. The molecule has 1 rings (SSSR count). The van der Waals surface area contributed by atoms with Gasteiger partial charge in [0.25, 0.3) is 0 Å². The highest BCUT2D eigenvalue weighted by Gasteiger charge is 2.35. The molecule has 0 bridgehead atoms. The maximum absolute atomic E-state index is 12.4. The quantitative estimate of drug-likeness (QED) is 0.863. The zero-order chi connectivity index (χ0) is 14.9. The van der Waals surface area contributed by atoms with Crippen LogP contribution in [-0.4, -0.2) is 37.6 Å². The lowest BCUT2D eigenvalue weighted by Crippen LogP contribution is -2.48. The molecule has 1 aliphatic rings. The van der Waals surface area contributed by atoms with Crippen molar-refractivity contribution >= 4 is 10.0 Å². The molecular weight excluding hydrogens is 260 g/mol. The molecule has 114 valence electrons. The van der Waals surface area contributed by atoms with Gasteiger partial charge >= 0.3 is 0 Å². The first-order chi connectivity index (χ1) is 8.50. The van der Waals surface area contributed by atoms with Gasteiger partial charge in [0.2, 0.25) is 10.0 Å². The van der Waals surface area contributed by atoms with Gasteiger partial charge in [0.05, 0.1) is 5.75 Å². The average molecular weight is 290 g/mol. The summed E-state index contributed by atoms with van der Waals surface area (Å²) in [5, 5.41) is 0. The number of nitrogens with two attached hydrogens (primary N) is 1. The van der Waals surface area contributed by atoms with E-state index in [-0.39, 0.29) is 17.2 Å². The molecule has 2 N–H and O–H groups in total. The van der Waals surface area contributed by atoms with Crippen LogP contribution in [0.4, 0.5) is 0 Å². The summed E-state index contributed by atoms with van der Waals surface area (Å²) in [6, 6.07) is -0.322. The van der Waals surface area contributed by atoms with Crippen LogP contribution in [0.1, 0.15) is 53.9 Å². The maximum atomic E-state index is 12.4. The third-order valence-corrected chi connectivity index (χ3v) is 6.61. The Morgan fingerprint density at radius 1 is 1.26 bits per heavy atom. The molecule has 0 aromatic heterocycles. The second-order valence-corrected chi connectivity index (χ2v) is 9.33. The van der Waals surface area contributed by atoms with Gasteiger partial charge in [-0.15, -0.1) is 0 Å². The number of piperidine rings is 1. The zero-order valence-electron chi connectivity index (χ0n) is 13.1. The minimum atomic E-state index is -3.22. The topological polar surface area (TPSA) is 63.4 Å². The van der Waals surface area contributed by atoms with Gasteiger partial charge in [-0.2, -0.15) is 0 Å². The molecule has 0 spiro atoms. The van der Waals surface area contributed by atoms with E-state index in [2.05, 4.69) is 13.8 Å². The Labute approximate surface area is 118 Å². The molecule has 0 aromatic carbocycles. The first-order valence-electron chi connectivity index (χ1n) is 7.24. The molecule has 4 nitrogen and oxygen atoms in total. The zero-order valence-corrected chi connectivity index (χ0v) is 13.9. The van der Waals surface area contributed by atoms with Crippen molar-refractivity contribution in [3.63, 3.8) is 0 Å². The van der Waals surface area contributed by atoms with Crippen LogP contribution in [0.15, 0.2) is 0 Å². The maximum Gasteiger partial charge on any atom is 0.215 e. The molecule has 0 saturated carbocycles. The first kappa shape index (κ1) is 16.9. The van der Waals surface area contributed by atoms with E-state index in [1.54, 1.807) is 4.31 Å². The standard InChI is InChI=1S/C14H30N2O2S/c1-6-14(5)7-9-16(10-8-14)19(17,18)11-12(15)13(2,3)4/h12H,6-11,15H2,1-5H3. The molecule has 0 radical (unpaired) electrons. The molecule has 5 heteroatoms. The molecule has 1 fully saturated rings. The van der Waals surface area contributed by atoms with Crippen molar-refractivity contribution in [1.82, 2.24) is 4.31 Å². The van der Waals surface area contributed by atoms with Gasteiger partial charge in [0.15, 0.2) is 0 Å². The lowest BCUT2D eigenvalue weighted by Gasteiger charge is -2.39. The Kier molecular flexibility index (Phi) is 5.08. The highest BCUT2D eigenvalue weighted by molar-refractivity contribution is 7.89. The highest BCUT2D eigenvalue weighted by atomic mass is 32.2. The normalized spacial score (nSPS) is 23.3. The molecule has 1 heterocycles. The fourth-order valence-electron chi connectivity index (χ4n) is 2.24.